The molecule has 0 spiro atoms. The molecule has 0 radical (unpaired) electrons. The number of methoxy groups -OCH3 is 1. The topological polar surface area (TPSA) is 73.2 Å². The lowest BCUT2D eigenvalue weighted by molar-refractivity contribution is 0.402. The number of halogens is 1. The van der Waals surface area contributed by atoms with E-state index in [2.05, 4.69) is 25.8 Å². The summed E-state index contributed by atoms with van der Waals surface area (Å²) >= 11 is 3.29. The number of hydrogen-bond acceptors (Lipinski definition) is 4. The smallest absolute Gasteiger partial charge is 0.244 e. The molecule has 8 heteroatoms. The lowest BCUT2D eigenvalue weighted by Gasteiger charge is -2.11. The van der Waals surface area contributed by atoms with Crippen LogP contribution < -0.4 is 9.46 Å². The first-order valence-electron chi connectivity index (χ1n) is 7.92. The molecule has 0 unspecified atom stereocenters. The van der Waals surface area contributed by atoms with E-state index >= 15 is 0 Å². The molecule has 0 aliphatic rings. The molecule has 0 aliphatic heterocycles. The third-order valence-corrected chi connectivity index (χ3v) is 5.80. The fourth-order valence-electron chi connectivity index (χ4n) is 2.50. The monoisotopic (exact) mass is 435 g/mol. The Kier molecular flexibility index (Phi) is 5.75. The van der Waals surface area contributed by atoms with Gasteiger partial charge >= 0.3 is 0 Å². The fourth-order valence-corrected chi connectivity index (χ4v) is 4.24. The van der Waals surface area contributed by atoms with Crippen molar-refractivity contribution in [2.75, 3.05) is 13.7 Å². The summed E-state index contributed by atoms with van der Waals surface area (Å²) in [5.41, 5.74) is 1.99. The third kappa shape index (κ3) is 4.32. The van der Waals surface area contributed by atoms with Crippen LogP contribution in [0.15, 0.2) is 70.3 Å². The summed E-state index contributed by atoms with van der Waals surface area (Å²) in [5, 5.41) is 4.18. The van der Waals surface area contributed by atoms with Crippen molar-refractivity contribution in [2.24, 2.45) is 0 Å². The van der Waals surface area contributed by atoms with E-state index in [-0.39, 0.29) is 4.90 Å². The Morgan fingerprint density at radius 3 is 2.62 bits per heavy atom. The molecule has 26 heavy (non-hydrogen) atoms. The van der Waals surface area contributed by atoms with E-state index < -0.39 is 10.0 Å². The van der Waals surface area contributed by atoms with E-state index in [1.165, 1.54) is 13.2 Å². The highest BCUT2D eigenvalue weighted by Gasteiger charge is 2.19. The molecule has 0 aliphatic carbocycles. The van der Waals surface area contributed by atoms with Crippen LogP contribution in [0.5, 0.6) is 5.75 Å². The summed E-state index contributed by atoms with van der Waals surface area (Å²) in [4.78, 5) is 0.114. The van der Waals surface area contributed by atoms with Crippen molar-refractivity contribution >= 4 is 26.0 Å². The molecule has 3 rings (SSSR count). The molecule has 1 aromatic heterocycles. The van der Waals surface area contributed by atoms with Gasteiger partial charge in [-0.25, -0.2) is 17.8 Å². The Morgan fingerprint density at radius 2 is 1.96 bits per heavy atom. The van der Waals surface area contributed by atoms with Crippen molar-refractivity contribution in [3.8, 4) is 11.4 Å². The van der Waals surface area contributed by atoms with Gasteiger partial charge in [-0.3, -0.25) is 0 Å². The van der Waals surface area contributed by atoms with E-state index in [4.69, 9.17) is 4.74 Å². The number of nitrogens with one attached hydrogen (secondary N) is 1. The Bertz CT molecular complexity index is 971. The lowest BCUT2D eigenvalue weighted by Crippen LogP contribution is -2.26. The summed E-state index contributed by atoms with van der Waals surface area (Å²) in [6.45, 7) is 0.291. The number of aromatic nitrogens is 2. The van der Waals surface area contributed by atoms with Crippen LogP contribution >= 0.6 is 15.9 Å². The van der Waals surface area contributed by atoms with Crippen molar-refractivity contribution in [2.45, 2.75) is 11.3 Å². The highest BCUT2D eigenvalue weighted by molar-refractivity contribution is 9.10. The first-order valence-corrected chi connectivity index (χ1v) is 10.2. The zero-order chi connectivity index (χ0) is 18.6. The second kappa shape index (κ2) is 8.03. The van der Waals surface area contributed by atoms with Crippen molar-refractivity contribution in [1.29, 1.82) is 0 Å². The van der Waals surface area contributed by atoms with Crippen molar-refractivity contribution in [3.63, 3.8) is 0 Å². The molecule has 0 saturated heterocycles. The molecular weight excluding hydrogens is 418 g/mol. The number of nitrogens with zero attached hydrogens (tertiary/aromatic N) is 2. The van der Waals surface area contributed by atoms with Crippen molar-refractivity contribution < 1.29 is 13.2 Å². The number of sulfonamides is 1. The van der Waals surface area contributed by atoms with Gasteiger partial charge in [0.2, 0.25) is 10.0 Å². The van der Waals surface area contributed by atoms with Crippen LogP contribution in [0.1, 0.15) is 5.56 Å². The van der Waals surface area contributed by atoms with E-state index in [1.54, 1.807) is 23.0 Å². The molecule has 0 atom stereocenters. The Balaban J connectivity index is 1.65. The van der Waals surface area contributed by atoms with Crippen molar-refractivity contribution in [3.05, 3.63) is 71.0 Å². The number of hydrogen-bond donors (Lipinski definition) is 1. The molecule has 0 saturated carbocycles. The second-order valence-electron chi connectivity index (χ2n) is 5.56. The number of rotatable bonds is 7. The largest absolute Gasteiger partial charge is 0.495 e. The van der Waals surface area contributed by atoms with Gasteiger partial charge in [0.05, 0.1) is 12.8 Å². The number of benzene rings is 2. The Morgan fingerprint density at radius 1 is 1.19 bits per heavy atom. The van der Waals surface area contributed by atoms with Gasteiger partial charge in [0.1, 0.15) is 10.6 Å². The van der Waals surface area contributed by atoms with E-state index in [0.29, 0.717) is 23.2 Å². The minimum absolute atomic E-state index is 0.114. The van der Waals surface area contributed by atoms with E-state index in [9.17, 15) is 8.42 Å². The first kappa shape index (κ1) is 18.6. The molecule has 3 aromatic rings. The summed E-state index contributed by atoms with van der Waals surface area (Å²) < 4.78 is 35.3. The average Bonchev–Trinajstić information content (AvgIpc) is 3.17. The third-order valence-electron chi connectivity index (χ3n) is 3.83. The van der Waals surface area contributed by atoms with E-state index in [1.807, 2.05) is 36.5 Å². The van der Waals surface area contributed by atoms with Crippen LogP contribution in [0.3, 0.4) is 0 Å². The van der Waals surface area contributed by atoms with Crippen molar-refractivity contribution in [1.82, 2.24) is 14.5 Å². The molecule has 0 fully saturated rings. The van der Waals surface area contributed by atoms with Crippen LogP contribution in [0, 0.1) is 0 Å². The maximum atomic E-state index is 12.5. The first-order chi connectivity index (χ1) is 12.5. The predicted octanol–water partition coefficient (Wildman–Crippen LogP) is 3.16. The van der Waals surface area contributed by atoms with Gasteiger partial charge in [0.15, 0.2) is 0 Å². The fraction of sp³-hybridized carbons (Fsp3) is 0.167. The zero-order valence-corrected chi connectivity index (χ0v) is 16.5. The van der Waals surface area contributed by atoms with Gasteiger partial charge in [-0.2, -0.15) is 5.10 Å². The number of ether oxygens (including phenoxy) is 1. The molecule has 1 heterocycles. The highest BCUT2D eigenvalue weighted by atomic mass is 79.9. The van der Waals surface area contributed by atoms with Gasteiger partial charge in [-0.05, 0) is 48.4 Å². The van der Waals surface area contributed by atoms with Gasteiger partial charge in [0, 0.05) is 23.4 Å². The van der Waals surface area contributed by atoms with Crippen LogP contribution in [-0.4, -0.2) is 31.9 Å². The maximum Gasteiger partial charge on any atom is 0.244 e. The lowest BCUT2D eigenvalue weighted by atomic mass is 10.1. The second-order valence-corrected chi connectivity index (χ2v) is 8.21. The van der Waals surface area contributed by atoms with Gasteiger partial charge < -0.3 is 4.74 Å². The van der Waals surface area contributed by atoms with Crippen LogP contribution in [0.25, 0.3) is 5.69 Å². The molecule has 0 amide bonds. The normalized spacial score (nSPS) is 11.5. The average molecular weight is 436 g/mol. The highest BCUT2D eigenvalue weighted by Crippen LogP contribution is 2.27. The molecule has 136 valence electrons. The van der Waals surface area contributed by atoms with Gasteiger partial charge in [0.25, 0.3) is 0 Å². The molecule has 6 nitrogen and oxygen atoms in total. The summed E-state index contributed by atoms with van der Waals surface area (Å²) in [6, 6.07) is 14.6. The molecule has 0 bridgehead atoms. The van der Waals surface area contributed by atoms with Gasteiger partial charge in [-0.15, -0.1) is 0 Å². The van der Waals surface area contributed by atoms with E-state index in [0.717, 1.165) is 11.3 Å². The molecule has 2 aromatic carbocycles. The summed E-state index contributed by atoms with van der Waals surface area (Å²) in [7, 11) is -2.21. The zero-order valence-electron chi connectivity index (χ0n) is 14.1. The SMILES string of the molecule is COc1ccc(Br)cc1S(=O)(=O)NCCc1ccc(-n2cccn2)cc1. The minimum atomic E-state index is -3.66. The molecular formula is C18H18BrN3O3S. The molecule has 1 N–H and O–H groups in total. The Hall–Kier alpha value is -2.16. The van der Waals surface area contributed by atoms with Crippen LogP contribution in [0.2, 0.25) is 0 Å². The predicted molar refractivity (Wildman–Crippen MR) is 103 cm³/mol. The van der Waals surface area contributed by atoms with Gasteiger partial charge in [-0.1, -0.05) is 28.1 Å². The van der Waals surface area contributed by atoms with Crippen LogP contribution in [0.4, 0.5) is 0 Å². The standard InChI is InChI=1S/C18H18BrN3O3S/c1-25-17-8-5-15(19)13-18(17)26(23,24)21-11-9-14-3-6-16(7-4-14)22-12-2-10-20-22/h2-8,10,12-13,21H,9,11H2,1H3. The Labute approximate surface area is 161 Å². The minimum Gasteiger partial charge on any atom is -0.495 e. The maximum absolute atomic E-state index is 12.5. The summed E-state index contributed by atoms with van der Waals surface area (Å²) in [5.74, 6) is 0.310. The summed E-state index contributed by atoms with van der Waals surface area (Å²) in [6.07, 6.45) is 4.17. The van der Waals surface area contributed by atoms with Crippen LogP contribution in [-0.2, 0) is 16.4 Å². The quantitative estimate of drug-likeness (QED) is 0.618.